The molecule has 0 aliphatic carbocycles. The first-order valence-corrected chi connectivity index (χ1v) is 8.61. The lowest BCUT2D eigenvalue weighted by Gasteiger charge is -2.16. The summed E-state index contributed by atoms with van der Waals surface area (Å²) in [5, 5.41) is 12.6. The Balaban J connectivity index is 2.06. The van der Waals surface area contributed by atoms with Gasteiger partial charge in [-0.25, -0.2) is 5.01 Å². The number of nitro groups is 1. The van der Waals surface area contributed by atoms with Gasteiger partial charge in [-0.15, -0.1) is 0 Å². The Bertz CT molecular complexity index is 1060. The third-order valence-corrected chi connectivity index (χ3v) is 4.67. The molecule has 1 aliphatic rings. The quantitative estimate of drug-likeness (QED) is 0.359. The summed E-state index contributed by atoms with van der Waals surface area (Å²) in [4.78, 5) is 36.1. The fourth-order valence-corrected chi connectivity index (χ4v) is 2.92. The zero-order valence-electron chi connectivity index (χ0n) is 16.3. The minimum atomic E-state index is -0.655. The lowest BCUT2D eigenvalue weighted by Crippen LogP contribution is -2.35. The number of rotatable bonds is 5. The van der Waals surface area contributed by atoms with Gasteiger partial charge < -0.3 is 9.47 Å². The molecule has 1 aliphatic heterocycles. The van der Waals surface area contributed by atoms with Crippen LogP contribution in [0.25, 0.3) is 6.08 Å². The van der Waals surface area contributed by atoms with Gasteiger partial charge in [0.1, 0.15) is 5.57 Å². The highest BCUT2D eigenvalue weighted by atomic mass is 16.6. The average Bonchev–Trinajstić information content (AvgIpc) is 2.97. The van der Waals surface area contributed by atoms with E-state index in [2.05, 4.69) is 5.43 Å². The maximum Gasteiger partial charge on any atom is 0.282 e. The summed E-state index contributed by atoms with van der Waals surface area (Å²) >= 11 is 0. The Morgan fingerprint density at radius 1 is 1.03 bits per heavy atom. The van der Waals surface area contributed by atoms with Crippen LogP contribution in [0, 0.1) is 24.0 Å². The van der Waals surface area contributed by atoms with Crippen molar-refractivity contribution < 1.29 is 24.0 Å². The molecule has 150 valence electrons. The largest absolute Gasteiger partial charge is 0.493 e. The minimum Gasteiger partial charge on any atom is -0.493 e. The van der Waals surface area contributed by atoms with Crippen molar-refractivity contribution in [3.63, 3.8) is 0 Å². The molecular formula is C20H19N3O6. The zero-order valence-corrected chi connectivity index (χ0v) is 16.3. The molecular weight excluding hydrogens is 378 g/mol. The number of methoxy groups -OCH3 is 2. The van der Waals surface area contributed by atoms with Gasteiger partial charge in [0.15, 0.2) is 11.5 Å². The molecule has 1 N–H and O–H groups in total. The number of nitrogens with one attached hydrogen (secondary N) is 1. The predicted octanol–water partition coefficient (Wildman–Crippen LogP) is 2.69. The summed E-state index contributed by atoms with van der Waals surface area (Å²) in [5.41, 5.74) is 4.49. The number of nitrogens with zero attached hydrogens (tertiary/aromatic N) is 2. The molecule has 2 aromatic rings. The summed E-state index contributed by atoms with van der Waals surface area (Å²) in [6.45, 7) is 3.83. The van der Waals surface area contributed by atoms with E-state index in [-0.39, 0.29) is 28.3 Å². The van der Waals surface area contributed by atoms with Crippen molar-refractivity contribution in [3.05, 3.63) is 62.7 Å². The SMILES string of the molecule is COc1cc(C=C2C(=O)NN(c3ccc(C)c(C)c3)C2=O)c([N+](=O)[O-])cc1OC. The van der Waals surface area contributed by atoms with Crippen LogP contribution < -0.4 is 19.9 Å². The van der Waals surface area contributed by atoms with E-state index in [9.17, 15) is 19.7 Å². The molecule has 1 fully saturated rings. The van der Waals surface area contributed by atoms with Gasteiger partial charge in [-0.05, 0) is 49.2 Å². The summed E-state index contributed by atoms with van der Waals surface area (Å²) in [5.74, 6) is -0.859. The first kappa shape index (κ1) is 19.9. The number of nitro benzene ring substituents is 1. The monoisotopic (exact) mass is 397 g/mol. The van der Waals surface area contributed by atoms with Crippen LogP contribution in [0.1, 0.15) is 16.7 Å². The van der Waals surface area contributed by atoms with Crippen LogP contribution in [0.15, 0.2) is 35.9 Å². The lowest BCUT2D eigenvalue weighted by atomic mass is 10.1. The molecule has 0 saturated carbocycles. The van der Waals surface area contributed by atoms with Crippen LogP contribution in [0.3, 0.4) is 0 Å². The minimum absolute atomic E-state index is 0.0492. The number of anilines is 1. The molecule has 1 heterocycles. The first-order valence-electron chi connectivity index (χ1n) is 8.61. The number of aryl methyl sites for hydroxylation is 2. The topological polar surface area (TPSA) is 111 Å². The normalized spacial score (nSPS) is 14.9. The second-order valence-corrected chi connectivity index (χ2v) is 6.43. The Morgan fingerprint density at radius 3 is 2.28 bits per heavy atom. The molecule has 2 amide bonds. The van der Waals surface area contributed by atoms with Crippen molar-refractivity contribution in [1.29, 1.82) is 0 Å². The molecule has 0 unspecified atom stereocenters. The van der Waals surface area contributed by atoms with Crippen LogP contribution >= 0.6 is 0 Å². The van der Waals surface area contributed by atoms with Crippen molar-refractivity contribution >= 4 is 29.3 Å². The molecule has 0 atom stereocenters. The standard InChI is InChI=1S/C20H19N3O6/c1-11-5-6-14(7-12(11)2)22-20(25)15(19(24)21-22)8-13-9-17(28-3)18(29-4)10-16(13)23(26)27/h5-10H,1-4H3,(H,21,24). The van der Waals surface area contributed by atoms with Crippen molar-refractivity contribution in [2.75, 3.05) is 19.2 Å². The second-order valence-electron chi connectivity index (χ2n) is 6.43. The van der Waals surface area contributed by atoms with E-state index in [4.69, 9.17) is 9.47 Å². The van der Waals surface area contributed by atoms with Crippen LogP contribution in [0.2, 0.25) is 0 Å². The number of hydrogen-bond donors (Lipinski definition) is 1. The van der Waals surface area contributed by atoms with E-state index in [1.54, 1.807) is 12.1 Å². The summed E-state index contributed by atoms with van der Waals surface area (Å²) in [7, 11) is 2.74. The molecule has 2 aromatic carbocycles. The number of carbonyl (C=O) groups is 2. The van der Waals surface area contributed by atoms with Gasteiger partial charge in [0, 0.05) is 0 Å². The van der Waals surface area contributed by atoms with E-state index in [1.165, 1.54) is 32.4 Å². The van der Waals surface area contributed by atoms with Gasteiger partial charge in [0.25, 0.3) is 17.5 Å². The predicted molar refractivity (Wildman–Crippen MR) is 106 cm³/mol. The molecule has 9 nitrogen and oxygen atoms in total. The first-order chi connectivity index (χ1) is 13.8. The molecule has 0 bridgehead atoms. The van der Waals surface area contributed by atoms with Crippen molar-refractivity contribution in [2.24, 2.45) is 0 Å². The fraction of sp³-hybridized carbons (Fsp3) is 0.200. The van der Waals surface area contributed by atoms with Crippen LogP contribution in [-0.4, -0.2) is 31.0 Å². The number of hydrogen-bond acceptors (Lipinski definition) is 6. The summed E-state index contributed by atoms with van der Waals surface area (Å²) in [6, 6.07) is 7.86. The fourth-order valence-electron chi connectivity index (χ4n) is 2.92. The number of amides is 2. The Kier molecular flexibility index (Phi) is 5.22. The van der Waals surface area contributed by atoms with Crippen molar-refractivity contribution in [2.45, 2.75) is 13.8 Å². The number of benzene rings is 2. The van der Waals surface area contributed by atoms with Gasteiger partial charge in [0.2, 0.25) is 0 Å². The molecule has 1 saturated heterocycles. The zero-order chi connectivity index (χ0) is 21.3. The van der Waals surface area contributed by atoms with Crippen LogP contribution in [0.4, 0.5) is 11.4 Å². The highest BCUT2D eigenvalue weighted by Crippen LogP contribution is 2.36. The molecule has 0 spiro atoms. The van der Waals surface area contributed by atoms with Gasteiger partial charge in [-0.2, -0.15) is 0 Å². The van der Waals surface area contributed by atoms with E-state index >= 15 is 0 Å². The molecule has 0 radical (unpaired) electrons. The smallest absolute Gasteiger partial charge is 0.282 e. The van der Waals surface area contributed by atoms with Gasteiger partial charge >= 0.3 is 0 Å². The number of carbonyl (C=O) groups excluding carboxylic acids is 2. The molecule has 0 aromatic heterocycles. The average molecular weight is 397 g/mol. The Morgan fingerprint density at radius 2 is 1.69 bits per heavy atom. The highest BCUT2D eigenvalue weighted by Gasteiger charge is 2.35. The van der Waals surface area contributed by atoms with E-state index in [1.807, 2.05) is 19.9 Å². The van der Waals surface area contributed by atoms with Gasteiger partial charge in [0.05, 0.1) is 36.5 Å². The number of hydrazine groups is 1. The molecule has 29 heavy (non-hydrogen) atoms. The van der Waals surface area contributed by atoms with Crippen molar-refractivity contribution in [1.82, 2.24) is 5.43 Å². The summed E-state index contributed by atoms with van der Waals surface area (Å²) in [6.07, 6.45) is 1.18. The van der Waals surface area contributed by atoms with E-state index in [0.29, 0.717) is 5.69 Å². The Labute approximate surface area is 166 Å². The maximum absolute atomic E-state index is 12.8. The third-order valence-electron chi connectivity index (χ3n) is 4.67. The summed E-state index contributed by atoms with van der Waals surface area (Å²) < 4.78 is 10.3. The van der Waals surface area contributed by atoms with E-state index in [0.717, 1.165) is 16.1 Å². The van der Waals surface area contributed by atoms with Crippen molar-refractivity contribution in [3.8, 4) is 11.5 Å². The van der Waals surface area contributed by atoms with E-state index < -0.39 is 16.7 Å². The van der Waals surface area contributed by atoms with Crippen LogP contribution in [-0.2, 0) is 9.59 Å². The van der Waals surface area contributed by atoms with Gasteiger partial charge in [-0.3, -0.25) is 25.1 Å². The second kappa shape index (κ2) is 7.63. The molecule has 3 rings (SSSR count). The highest BCUT2D eigenvalue weighted by molar-refractivity contribution is 6.31. The molecule has 9 heteroatoms. The number of ether oxygens (including phenoxy) is 2. The third kappa shape index (κ3) is 3.62. The lowest BCUT2D eigenvalue weighted by molar-refractivity contribution is -0.385. The van der Waals surface area contributed by atoms with Gasteiger partial charge in [-0.1, -0.05) is 6.07 Å². The maximum atomic E-state index is 12.8. The Hall–Kier alpha value is -3.88. The van der Waals surface area contributed by atoms with Crippen LogP contribution in [0.5, 0.6) is 11.5 Å².